The summed E-state index contributed by atoms with van der Waals surface area (Å²) in [5.41, 5.74) is 2.68. The summed E-state index contributed by atoms with van der Waals surface area (Å²) >= 11 is 0. The lowest BCUT2D eigenvalue weighted by Crippen LogP contribution is -2.36. The predicted octanol–water partition coefficient (Wildman–Crippen LogP) is 2.34. The molecule has 0 spiro atoms. The lowest BCUT2D eigenvalue weighted by atomic mass is 9.98. The fourth-order valence-corrected chi connectivity index (χ4v) is 2.21. The summed E-state index contributed by atoms with van der Waals surface area (Å²) in [6.45, 7) is 6.60. The zero-order valence-electron chi connectivity index (χ0n) is 13.6. The van der Waals surface area contributed by atoms with Crippen LogP contribution in [0.2, 0.25) is 0 Å². The van der Waals surface area contributed by atoms with Gasteiger partial charge in [-0.2, -0.15) is 0 Å². The average Bonchev–Trinajstić information content (AvgIpc) is 2.48. The number of nitrogens with one attached hydrogen (secondary N) is 2. The van der Waals surface area contributed by atoms with Crippen molar-refractivity contribution >= 4 is 17.5 Å². The van der Waals surface area contributed by atoms with Gasteiger partial charge in [-0.1, -0.05) is 32.0 Å². The Morgan fingerprint density at radius 1 is 1.14 bits per heavy atom. The van der Waals surface area contributed by atoms with Crippen molar-refractivity contribution in [2.24, 2.45) is 0 Å². The maximum Gasteiger partial charge on any atom is 0.313 e. The minimum Gasteiger partial charge on any atom is -0.396 e. The molecule has 0 bridgehead atoms. The van der Waals surface area contributed by atoms with Gasteiger partial charge in [-0.25, -0.2) is 0 Å². The molecule has 0 unspecified atom stereocenters. The van der Waals surface area contributed by atoms with Crippen molar-refractivity contribution < 1.29 is 14.7 Å². The van der Waals surface area contributed by atoms with Crippen molar-refractivity contribution in [2.75, 3.05) is 18.5 Å². The number of aliphatic hydroxyl groups is 1. The molecule has 122 valence electrons. The van der Waals surface area contributed by atoms with Gasteiger partial charge in [0.05, 0.1) is 0 Å². The summed E-state index contributed by atoms with van der Waals surface area (Å²) in [5, 5.41) is 14.0. The summed E-state index contributed by atoms with van der Waals surface area (Å²) in [4.78, 5) is 23.8. The first-order chi connectivity index (χ1) is 10.5. The van der Waals surface area contributed by atoms with E-state index < -0.39 is 11.8 Å². The van der Waals surface area contributed by atoms with Crippen LogP contribution in [0.5, 0.6) is 0 Å². The average molecular weight is 306 g/mol. The first-order valence-electron chi connectivity index (χ1n) is 7.77. The molecular weight excluding hydrogens is 280 g/mol. The molecule has 0 atom stereocenters. The Hall–Kier alpha value is -1.88. The van der Waals surface area contributed by atoms with Crippen molar-refractivity contribution in [1.29, 1.82) is 0 Å². The molecule has 0 radical (unpaired) electrons. The largest absolute Gasteiger partial charge is 0.396 e. The Morgan fingerprint density at radius 2 is 1.86 bits per heavy atom. The minimum absolute atomic E-state index is 0.152. The Kier molecular flexibility index (Phi) is 7.60. The smallest absolute Gasteiger partial charge is 0.313 e. The van der Waals surface area contributed by atoms with E-state index in [-0.39, 0.29) is 12.5 Å². The predicted molar refractivity (Wildman–Crippen MR) is 87.8 cm³/mol. The summed E-state index contributed by atoms with van der Waals surface area (Å²) < 4.78 is 0. The van der Waals surface area contributed by atoms with Crippen LogP contribution in [0.15, 0.2) is 18.2 Å². The molecule has 0 aliphatic heterocycles. The van der Waals surface area contributed by atoms with E-state index in [2.05, 4.69) is 10.6 Å². The third-order valence-corrected chi connectivity index (χ3v) is 3.49. The molecule has 0 fully saturated rings. The highest BCUT2D eigenvalue weighted by molar-refractivity contribution is 6.39. The number of para-hydroxylation sites is 1. The van der Waals surface area contributed by atoms with Crippen molar-refractivity contribution in [2.45, 2.75) is 46.0 Å². The first-order valence-corrected chi connectivity index (χ1v) is 7.77. The number of anilines is 1. The number of hydrogen-bond acceptors (Lipinski definition) is 3. The standard InChI is InChI=1S/C17H26N2O3/c1-12(2)14-9-7-8-13(3)15(14)19-17(22)16(21)18-10-5-4-6-11-20/h7-9,12,20H,4-6,10-11H2,1-3H3,(H,18,21)(H,19,22). The van der Waals surface area contributed by atoms with Crippen molar-refractivity contribution in [3.63, 3.8) is 0 Å². The van der Waals surface area contributed by atoms with Gasteiger partial charge in [0.15, 0.2) is 0 Å². The van der Waals surface area contributed by atoms with E-state index in [1.54, 1.807) is 0 Å². The maximum atomic E-state index is 12.0. The fourth-order valence-electron chi connectivity index (χ4n) is 2.21. The Morgan fingerprint density at radius 3 is 2.50 bits per heavy atom. The molecular formula is C17H26N2O3. The molecule has 2 amide bonds. The van der Waals surface area contributed by atoms with Crippen LogP contribution in [-0.2, 0) is 9.59 Å². The highest BCUT2D eigenvalue weighted by atomic mass is 16.3. The molecule has 0 aliphatic carbocycles. The number of rotatable bonds is 7. The van der Waals surface area contributed by atoms with Crippen molar-refractivity contribution in [1.82, 2.24) is 5.32 Å². The van der Waals surface area contributed by atoms with Gasteiger partial charge in [0.2, 0.25) is 0 Å². The second-order valence-electron chi connectivity index (χ2n) is 5.69. The van der Waals surface area contributed by atoms with Crippen molar-refractivity contribution in [3.05, 3.63) is 29.3 Å². The van der Waals surface area contributed by atoms with Crippen LogP contribution < -0.4 is 10.6 Å². The highest BCUT2D eigenvalue weighted by Gasteiger charge is 2.17. The van der Waals surface area contributed by atoms with Crippen LogP contribution in [0.25, 0.3) is 0 Å². The lowest BCUT2D eigenvalue weighted by Gasteiger charge is -2.16. The van der Waals surface area contributed by atoms with Gasteiger partial charge in [-0.15, -0.1) is 0 Å². The third kappa shape index (κ3) is 5.48. The number of hydrogen-bond donors (Lipinski definition) is 3. The summed E-state index contributed by atoms with van der Waals surface area (Å²) in [6.07, 6.45) is 2.29. The SMILES string of the molecule is Cc1cccc(C(C)C)c1NC(=O)C(=O)NCCCCCO. The van der Waals surface area contributed by atoms with E-state index in [1.165, 1.54) is 0 Å². The molecule has 0 saturated heterocycles. The van der Waals surface area contributed by atoms with Gasteiger partial charge in [-0.3, -0.25) is 9.59 Å². The summed E-state index contributed by atoms with van der Waals surface area (Å²) in [7, 11) is 0. The second kappa shape index (κ2) is 9.20. The second-order valence-corrected chi connectivity index (χ2v) is 5.69. The Labute approximate surface area is 132 Å². The molecule has 5 heteroatoms. The fraction of sp³-hybridized carbons (Fsp3) is 0.529. The number of aryl methyl sites for hydroxylation is 1. The van der Waals surface area contributed by atoms with Gasteiger partial charge in [0.25, 0.3) is 0 Å². The molecule has 3 N–H and O–H groups in total. The van der Waals surface area contributed by atoms with Gasteiger partial charge < -0.3 is 15.7 Å². The van der Waals surface area contributed by atoms with E-state index in [4.69, 9.17) is 5.11 Å². The van der Waals surface area contributed by atoms with E-state index >= 15 is 0 Å². The van der Waals surface area contributed by atoms with E-state index in [1.807, 2.05) is 39.0 Å². The van der Waals surface area contributed by atoms with Crippen LogP contribution in [0, 0.1) is 6.92 Å². The Bertz CT molecular complexity index is 513. The third-order valence-electron chi connectivity index (χ3n) is 3.49. The molecule has 0 aliphatic rings. The summed E-state index contributed by atoms with van der Waals surface area (Å²) in [5.74, 6) is -1.00. The summed E-state index contributed by atoms with van der Waals surface area (Å²) in [6, 6.07) is 5.82. The molecule has 1 aromatic rings. The van der Waals surface area contributed by atoms with Crippen LogP contribution in [0.1, 0.15) is 50.2 Å². The quantitative estimate of drug-likeness (QED) is 0.534. The highest BCUT2D eigenvalue weighted by Crippen LogP contribution is 2.27. The normalized spacial score (nSPS) is 10.6. The number of unbranched alkanes of at least 4 members (excludes halogenated alkanes) is 2. The maximum absolute atomic E-state index is 12.0. The van der Waals surface area contributed by atoms with E-state index in [0.29, 0.717) is 13.0 Å². The van der Waals surface area contributed by atoms with Crippen LogP contribution in [0.3, 0.4) is 0 Å². The number of carbonyl (C=O) groups is 2. The zero-order chi connectivity index (χ0) is 16.5. The topological polar surface area (TPSA) is 78.4 Å². The van der Waals surface area contributed by atoms with Crippen LogP contribution >= 0.6 is 0 Å². The molecule has 1 aromatic carbocycles. The van der Waals surface area contributed by atoms with Gasteiger partial charge in [0.1, 0.15) is 0 Å². The van der Waals surface area contributed by atoms with Crippen LogP contribution in [-0.4, -0.2) is 30.1 Å². The monoisotopic (exact) mass is 306 g/mol. The molecule has 5 nitrogen and oxygen atoms in total. The number of carbonyl (C=O) groups excluding carboxylic acids is 2. The van der Waals surface area contributed by atoms with Gasteiger partial charge in [-0.05, 0) is 43.2 Å². The molecule has 0 heterocycles. The number of benzene rings is 1. The lowest BCUT2D eigenvalue weighted by molar-refractivity contribution is -0.136. The minimum atomic E-state index is -0.640. The first kappa shape index (κ1) is 18.2. The molecule has 22 heavy (non-hydrogen) atoms. The Balaban J connectivity index is 2.59. The van der Waals surface area contributed by atoms with Gasteiger partial charge in [0, 0.05) is 18.8 Å². The molecule has 1 rings (SSSR count). The number of aliphatic hydroxyl groups excluding tert-OH is 1. The van der Waals surface area contributed by atoms with E-state index in [0.717, 1.165) is 29.7 Å². The zero-order valence-corrected chi connectivity index (χ0v) is 13.6. The molecule has 0 saturated carbocycles. The van der Waals surface area contributed by atoms with Gasteiger partial charge >= 0.3 is 11.8 Å². The van der Waals surface area contributed by atoms with Crippen LogP contribution in [0.4, 0.5) is 5.69 Å². The molecule has 0 aromatic heterocycles. The van der Waals surface area contributed by atoms with E-state index in [9.17, 15) is 9.59 Å². The number of amides is 2. The van der Waals surface area contributed by atoms with Crippen molar-refractivity contribution in [3.8, 4) is 0 Å².